The van der Waals surface area contributed by atoms with Gasteiger partial charge in [-0.2, -0.15) is 13.2 Å². The van der Waals surface area contributed by atoms with Crippen molar-refractivity contribution in [2.45, 2.75) is 25.7 Å². The second-order valence-corrected chi connectivity index (χ2v) is 12.8. The van der Waals surface area contributed by atoms with Gasteiger partial charge in [0.15, 0.2) is 10.5 Å². The highest BCUT2D eigenvalue weighted by Crippen LogP contribution is 2.38. The predicted molar refractivity (Wildman–Crippen MR) is 172 cm³/mol. The first-order chi connectivity index (χ1) is 20.9. The van der Waals surface area contributed by atoms with Gasteiger partial charge in [0.1, 0.15) is 12.4 Å². The fraction of sp³-hybridized carbons (Fsp3) is 0.167. The highest BCUT2D eigenvalue weighted by atomic mass is 127. The Labute approximate surface area is 281 Å². The molecular weight excluding hydrogens is 775 g/mol. The molecule has 1 aliphatic rings. The van der Waals surface area contributed by atoms with E-state index in [1.807, 2.05) is 28.7 Å². The number of alkyl halides is 3. The van der Waals surface area contributed by atoms with Gasteiger partial charge in [0.05, 0.1) is 26.3 Å². The molecule has 14 heteroatoms. The molecule has 0 bridgehead atoms. The SMILES string of the molecule is CCOC(=O)C1=C(C(F)(F)F)N=c2s/c(=C\c3cc(Cl)cc(I)c3OCc3cccc(Cl)c3)c(=O)n2[C@H]1c1ccc(Cl)cc1. The lowest BCUT2D eigenvalue weighted by atomic mass is 9.95. The minimum atomic E-state index is -5.02. The van der Waals surface area contributed by atoms with Crippen LogP contribution in [0.25, 0.3) is 6.08 Å². The van der Waals surface area contributed by atoms with Gasteiger partial charge in [-0.3, -0.25) is 9.36 Å². The van der Waals surface area contributed by atoms with Gasteiger partial charge >= 0.3 is 12.1 Å². The molecule has 0 aliphatic carbocycles. The maximum absolute atomic E-state index is 14.4. The van der Waals surface area contributed by atoms with Gasteiger partial charge in [-0.15, -0.1) is 0 Å². The molecule has 0 saturated carbocycles. The summed E-state index contributed by atoms with van der Waals surface area (Å²) in [6.45, 7) is 1.43. The first-order valence-electron chi connectivity index (χ1n) is 12.8. The van der Waals surface area contributed by atoms with Gasteiger partial charge in [0, 0.05) is 20.6 Å². The maximum Gasteiger partial charge on any atom is 0.434 e. The van der Waals surface area contributed by atoms with Crippen molar-refractivity contribution in [1.29, 1.82) is 0 Å². The van der Waals surface area contributed by atoms with Crippen molar-refractivity contribution in [3.05, 3.63) is 127 Å². The van der Waals surface area contributed by atoms with Gasteiger partial charge in [0.2, 0.25) is 0 Å². The monoisotopic (exact) mass is 792 g/mol. The highest BCUT2D eigenvalue weighted by molar-refractivity contribution is 14.1. The highest BCUT2D eigenvalue weighted by Gasteiger charge is 2.45. The molecular formula is C30H19Cl3F3IN2O4S. The molecule has 0 saturated heterocycles. The standard InChI is InChI=1S/C30H19Cl3F3IN2O4S/c1-2-42-28(41)23-24(16-6-8-18(31)9-7-16)39-27(40)22(44-29(39)38-26(23)30(34,35)36)12-17-11-20(33)13-21(37)25(17)43-14-15-4-3-5-19(32)10-15/h3-13,24H,2,14H2,1H3/b22-12-/t24-/m0/s1. The van der Waals surface area contributed by atoms with E-state index in [1.165, 1.54) is 37.3 Å². The normalized spacial score (nSPS) is 15.2. The number of halogens is 7. The Kier molecular flexibility index (Phi) is 9.81. The minimum Gasteiger partial charge on any atom is -0.487 e. The van der Waals surface area contributed by atoms with Crippen LogP contribution in [0.5, 0.6) is 5.75 Å². The molecule has 0 fully saturated rings. The van der Waals surface area contributed by atoms with E-state index in [0.717, 1.165) is 21.5 Å². The van der Waals surface area contributed by atoms with Crippen LogP contribution in [0.1, 0.15) is 29.7 Å². The van der Waals surface area contributed by atoms with E-state index >= 15 is 0 Å². The van der Waals surface area contributed by atoms with E-state index < -0.39 is 35.0 Å². The van der Waals surface area contributed by atoms with Crippen molar-refractivity contribution in [3.8, 4) is 5.75 Å². The average Bonchev–Trinajstić information content (AvgIpc) is 3.26. The van der Waals surface area contributed by atoms with E-state index in [-0.39, 0.29) is 28.1 Å². The Morgan fingerprint density at radius 3 is 2.45 bits per heavy atom. The second kappa shape index (κ2) is 13.3. The van der Waals surface area contributed by atoms with Gasteiger partial charge in [0.25, 0.3) is 5.56 Å². The number of esters is 1. The van der Waals surface area contributed by atoms with Crippen LogP contribution in [0, 0.1) is 3.57 Å². The van der Waals surface area contributed by atoms with E-state index in [1.54, 1.807) is 30.3 Å². The lowest BCUT2D eigenvalue weighted by Crippen LogP contribution is -2.41. The maximum atomic E-state index is 14.4. The van der Waals surface area contributed by atoms with Crippen LogP contribution >= 0.6 is 68.7 Å². The largest absolute Gasteiger partial charge is 0.487 e. The number of carbonyl (C=O) groups excluding carboxylic acids is 1. The molecule has 4 aromatic rings. The minimum absolute atomic E-state index is 0.0417. The molecule has 2 heterocycles. The third kappa shape index (κ3) is 6.86. The molecule has 1 atom stereocenters. The summed E-state index contributed by atoms with van der Waals surface area (Å²) in [7, 11) is 0. The van der Waals surface area contributed by atoms with Crippen molar-refractivity contribution >= 4 is 80.8 Å². The van der Waals surface area contributed by atoms with E-state index in [4.69, 9.17) is 44.3 Å². The zero-order chi connectivity index (χ0) is 31.8. The smallest absolute Gasteiger partial charge is 0.434 e. The molecule has 6 nitrogen and oxygen atoms in total. The summed E-state index contributed by atoms with van der Waals surface area (Å²) < 4.78 is 56.0. The molecule has 3 aromatic carbocycles. The summed E-state index contributed by atoms with van der Waals surface area (Å²) in [6, 6.07) is 14.7. The second-order valence-electron chi connectivity index (χ2n) is 9.34. The predicted octanol–water partition coefficient (Wildman–Crippen LogP) is 7.48. The van der Waals surface area contributed by atoms with E-state index in [9.17, 15) is 22.8 Å². The quantitative estimate of drug-likeness (QED) is 0.144. The zero-order valence-electron chi connectivity index (χ0n) is 22.4. The average molecular weight is 794 g/mol. The molecule has 0 amide bonds. The van der Waals surface area contributed by atoms with Crippen LogP contribution in [0.2, 0.25) is 15.1 Å². The van der Waals surface area contributed by atoms with Crippen molar-refractivity contribution in [2.75, 3.05) is 6.61 Å². The molecule has 1 aliphatic heterocycles. The molecule has 0 radical (unpaired) electrons. The van der Waals surface area contributed by atoms with Crippen LogP contribution in [0.3, 0.4) is 0 Å². The molecule has 0 unspecified atom stereocenters. The van der Waals surface area contributed by atoms with Crippen molar-refractivity contribution in [3.63, 3.8) is 0 Å². The summed E-state index contributed by atoms with van der Waals surface area (Å²) in [6.07, 6.45) is -3.54. The number of thiazole rings is 1. The number of nitrogens with zero attached hydrogens (tertiary/aromatic N) is 2. The molecule has 44 heavy (non-hydrogen) atoms. The van der Waals surface area contributed by atoms with Crippen molar-refractivity contribution in [2.24, 2.45) is 4.99 Å². The van der Waals surface area contributed by atoms with Gasteiger partial charge in [-0.25, -0.2) is 9.79 Å². The number of rotatable bonds is 7. The third-order valence-corrected chi connectivity index (χ3v) is 8.87. The number of carbonyl (C=O) groups is 1. The Balaban J connectivity index is 1.71. The Morgan fingerprint density at radius 1 is 1.07 bits per heavy atom. The molecule has 5 rings (SSSR count). The number of fused-ring (bicyclic) bond motifs is 1. The zero-order valence-corrected chi connectivity index (χ0v) is 27.7. The Hall–Kier alpha value is -2.84. The fourth-order valence-electron chi connectivity index (χ4n) is 4.56. The Morgan fingerprint density at radius 2 is 1.80 bits per heavy atom. The van der Waals surface area contributed by atoms with Gasteiger partial charge in [-0.05, 0) is 83.1 Å². The van der Waals surface area contributed by atoms with Gasteiger partial charge < -0.3 is 9.47 Å². The topological polar surface area (TPSA) is 69.9 Å². The molecule has 1 aromatic heterocycles. The lowest BCUT2D eigenvalue weighted by Gasteiger charge is -2.26. The Bertz CT molecular complexity index is 1980. The molecule has 0 spiro atoms. The fourth-order valence-corrected chi connectivity index (χ4v) is 7.11. The summed E-state index contributed by atoms with van der Waals surface area (Å²) >= 11 is 21.3. The van der Waals surface area contributed by atoms with Crippen molar-refractivity contribution in [1.82, 2.24) is 4.57 Å². The van der Waals surface area contributed by atoms with Crippen LogP contribution < -0.4 is 19.6 Å². The number of hydrogen-bond donors (Lipinski definition) is 0. The number of allylic oxidation sites excluding steroid dienone is 1. The van der Waals surface area contributed by atoms with E-state index in [2.05, 4.69) is 4.99 Å². The number of hydrogen-bond acceptors (Lipinski definition) is 6. The molecule has 0 N–H and O–H groups in total. The first-order valence-corrected chi connectivity index (χ1v) is 15.8. The number of ether oxygens (including phenoxy) is 2. The molecule has 228 valence electrons. The summed E-state index contributed by atoms with van der Waals surface area (Å²) in [5.41, 5.74) is -1.49. The van der Waals surface area contributed by atoms with Crippen LogP contribution in [0.4, 0.5) is 13.2 Å². The third-order valence-electron chi connectivity index (χ3n) is 6.38. The van der Waals surface area contributed by atoms with E-state index in [0.29, 0.717) is 30.0 Å². The van der Waals surface area contributed by atoms with Crippen LogP contribution in [0.15, 0.2) is 81.7 Å². The number of benzene rings is 3. The van der Waals surface area contributed by atoms with Gasteiger partial charge in [-0.1, -0.05) is 70.4 Å². The lowest BCUT2D eigenvalue weighted by molar-refractivity contribution is -0.140. The summed E-state index contributed by atoms with van der Waals surface area (Å²) in [5.74, 6) is -0.836. The first kappa shape index (κ1) is 32.6. The van der Waals surface area contributed by atoms with Crippen LogP contribution in [-0.4, -0.2) is 23.3 Å². The van der Waals surface area contributed by atoms with Crippen molar-refractivity contribution < 1.29 is 27.4 Å². The number of aromatic nitrogens is 1. The summed E-state index contributed by atoms with van der Waals surface area (Å²) in [5, 5.41) is 1.21. The van der Waals surface area contributed by atoms with Crippen LogP contribution in [-0.2, 0) is 16.1 Å². The summed E-state index contributed by atoms with van der Waals surface area (Å²) in [4.78, 5) is 30.5.